The van der Waals surface area contributed by atoms with E-state index < -0.39 is 75.2 Å². The molecule has 2 bridgehead atoms. The van der Waals surface area contributed by atoms with Crippen molar-refractivity contribution in [3.8, 4) is 0 Å². The average molecular weight is 499 g/mol. The van der Waals surface area contributed by atoms with Gasteiger partial charge in [0.15, 0.2) is 23.0 Å². The van der Waals surface area contributed by atoms with Gasteiger partial charge < -0.3 is 14.9 Å². The zero-order valence-corrected chi connectivity index (χ0v) is 21.5. The fourth-order valence-electron chi connectivity index (χ4n) is 6.28. The smallest absolute Gasteiger partial charge is 0.317 e. The Morgan fingerprint density at radius 3 is 2.22 bits per heavy atom. The van der Waals surface area contributed by atoms with Crippen LogP contribution >= 0.6 is 0 Å². The van der Waals surface area contributed by atoms with Crippen LogP contribution in [0.15, 0.2) is 47.8 Å². The number of aliphatic hydroxyl groups is 2. The maximum absolute atomic E-state index is 13.8. The quantitative estimate of drug-likeness (QED) is 0.136. The van der Waals surface area contributed by atoms with Crippen LogP contribution in [0.2, 0.25) is 0 Å². The number of ether oxygens (including phenoxy) is 1. The zero-order valence-electron chi connectivity index (χ0n) is 21.5. The standard InChI is InChI=1S/C28H34O8/c1-7-9-11-13-16(29)18-20-21(28(6)22(31)15(3)24(33)36-28)19(17(30)14-12-10-8-2)26(4,23(18)32)25(34)27(20,5)35/h7-11,13,15,19-21,29,35H,12,14H2,1-6H3/b9-7+,10-8+,13-11+,18-16?/t15-,19+,20+,21+,26+,27+,28+/m0/s1. The summed E-state index contributed by atoms with van der Waals surface area (Å²) < 4.78 is 5.59. The van der Waals surface area contributed by atoms with Crippen LogP contribution in [0.25, 0.3) is 0 Å². The van der Waals surface area contributed by atoms with Gasteiger partial charge in [-0.2, -0.15) is 0 Å². The van der Waals surface area contributed by atoms with Crippen LogP contribution < -0.4 is 0 Å². The number of aliphatic hydroxyl groups excluding tert-OH is 1. The number of hydrogen-bond acceptors (Lipinski definition) is 8. The third-order valence-electron chi connectivity index (χ3n) is 8.06. The van der Waals surface area contributed by atoms with Gasteiger partial charge in [0.25, 0.3) is 0 Å². The van der Waals surface area contributed by atoms with E-state index in [1.807, 2.05) is 0 Å². The molecule has 4 fully saturated rings. The number of hydrogen-bond donors (Lipinski definition) is 2. The lowest BCUT2D eigenvalue weighted by atomic mass is 9.40. The Bertz CT molecular complexity index is 1140. The highest BCUT2D eigenvalue weighted by Crippen LogP contribution is 2.63. The van der Waals surface area contributed by atoms with Gasteiger partial charge in [0, 0.05) is 29.7 Å². The van der Waals surface area contributed by atoms with Gasteiger partial charge in [-0.15, -0.1) is 0 Å². The van der Waals surface area contributed by atoms with Crippen molar-refractivity contribution in [1.82, 2.24) is 0 Å². The molecule has 3 aliphatic carbocycles. The molecule has 8 nitrogen and oxygen atoms in total. The first-order valence-electron chi connectivity index (χ1n) is 12.2. The van der Waals surface area contributed by atoms with Crippen LogP contribution in [0.4, 0.5) is 0 Å². The molecule has 0 aromatic carbocycles. The van der Waals surface area contributed by atoms with Crippen LogP contribution in [-0.4, -0.2) is 50.5 Å². The Kier molecular flexibility index (Phi) is 7.16. The van der Waals surface area contributed by atoms with E-state index in [1.165, 1.54) is 39.8 Å². The molecule has 194 valence electrons. The Morgan fingerprint density at radius 1 is 1.06 bits per heavy atom. The molecule has 0 aromatic rings. The van der Waals surface area contributed by atoms with Crippen LogP contribution in [0.1, 0.15) is 54.4 Å². The van der Waals surface area contributed by atoms with Gasteiger partial charge in [0.2, 0.25) is 0 Å². The van der Waals surface area contributed by atoms with Crippen molar-refractivity contribution in [2.24, 2.45) is 29.1 Å². The minimum absolute atomic E-state index is 0.0173. The summed E-state index contributed by atoms with van der Waals surface area (Å²) in [6.07, 6.45) is 9.91. The molecule has 8 heteroatoms. The summed E-state index contributed by atoms with van der Waals surface area (Å²) in [6.45, 7) is 8.81. The van der Waals surface area contributed by atoms with Gasteiger partial charge in [-0.3, -0.25) is 24.0 Å². The molecule has 4 rings (SSSR count). The second kappa shape index (κ2) is 9.39. The number of esters is 1. The Labute approximate surface area is 210 Å². The van der Waals surface area contributed by atoms with Gasteiger partial charge in [-0.1, -0.05) is 30.4 Å². The third kappa shape index (κ3) is 3.74. The normalized spacial score (nSPS) is 40.2. The van der Waals surface area contributed by atoms with E-state index in [0.29, 0.717) is 6.42 Å². The molecule has 0 spiro atoms. The lowest BCUT2D eigenvalue weighted by molar-refractivity contribution is -0.204. The summed E-state index contributed by atoms with van der Waals surface area (Å²) in [4.78, 5) is 67.0. The van der Waals surface area contributed by atoms with Crippen molar-refractivity contribution in [2.45, 2.75) is 65.6 Å². The summed E-state index contributed by atoms with van der Waals surface area (Å²) in [5.41, 5.74) is -6.44. The highest BCUT2D eigenvalue weighted by Gasteiger charge is 2.77. The Hall–Kier alpha value is -3.13. The molecule has 2 N–H and O–H groups in total. The average Bonchev–Trinajstić information content (AvgIpc) is 3.01. The van der Waals surface area contributed by atoms with Gasteiger partial charge >= 0.3 is 5.97 Å². The topological polar surface area (TPSA) is 135 Å². The van der Waals surface area contributed by atoms with Crippen molar-refractivity contribution in [3.63, 3.8) is 0 Å². The Morgan fingerprint density at radius 2 is 1.69 bits per heavy atom. The number of cyclic esters (lactones) is 1. The molecule has 0 unspecified atom stereocenters. The third-order valence-corrected chi connectivity index (χ3v) is 8.06. The van der Waals surface area contributed by atoms with Crippen molar-refractivity contribution < 1.29 is 38.9 Å². The fraction of sp³-hybridized carbons (Fsp3) is 0.536. The second-order valence-corrected chi connectivity index (χ2v) is 10.4. The van der Waals surface area contributed by atoms with E-state index in [9.17, 15) is 34.2 Å². The summed E-state index contributed by atoms with van der Waals surface area (Å²) in [5, 5.41) is 22.5. The lowest BCUT2D eigenvalue weighted by Gasteiger charge is -2.60. The SMILES string of the molecule is C/C=C/C=C/C(O)=C1C(=O)[C@]2(C)C(=O)[C@](C)(O)[C@H]1[C@H]([C@@]1(C)OC(=O)[C@@H](C)C1=O)[C@H]2C(=O)CC/C=C/C. The van der Waals surface area contributed by atoms with E-state index in [4.69, 9.17) is 4.74 Å². The molecule has 36 heavy (non-hydrogen) atoms. The molecule has 1 saturated heterocycles. The molecule has 0 aromatic heterocycles. The number of allylic oxidation sites excluding steroid dienone is 6. The summed E-state index contributed by atoms with van der Waals surface area (Å²) in [5.74, 6) is -9.11. The van der Waals surface area contributed by atoms with Crippen LogP contribution in [0.3, 0.4) is 0 Å². The van der Waals surface area contributed by atoms with Crippen molar-refractivity contribution in [1.29, 1.82) is 0 Å². The van der Waals surface area contributed by atoms with Gasteiger partial charge in [0.05, 0.1) is 0 Å². The van der Waals surface area contributed by atoms with E-state index in [2.05, 4.69) is 0 Å². The molecular weight excluding hydrogens is 464 g/mol. The number of rotatable bonds is 7. The largest absolute Gasteiger partial charge is 0.508 e. The minimum Gasteiger partial charge on any atom is -0.508 e. The molecule has 7 atom stereocenters. The van der Waals surface area contributed by atoms with Crippen molar-refractivity contribution >= 4 is 29.1 Å². The molecule has 0 radical (unpaired) electrons. The van der Waals surface area contributed by atoms with Gasteiger partial charge in [-0.25, -0.2) is 0 Å². The minimum atomic E-state index is -2.22. The second-order valence-electron chi connectivity index (χ2n) is 10.4. The van der Waals surface area contributed by atoms with Crippen LogP contribution in [0.5, 0.6) is 0 Å². The molecular formula is C28H34O8. The van der Waals surface area contributed by atoms with Gasteiger partial charge in [-0.05, 0) is 54.0 Å². The first kappa shape index (κ1) is 27.5. The van der Waals surface area contributed by atoms with Crippen molar-refractivity contribution in [3.05, 3.63) is 47.8 Å². The molecule has 4 aliphatic rings. The monoisotopic (exact) mass is 498 g/mol. The van der Waals surface area contributed by atoms with E-state index in [-0.39, 0.29) is 12.0 Å². The fourth-order valence-corrected chi connectivity index (χ4v) is 6.28. The van der Waals surface area contributed by atoms with Gasteiger partial charge in [0.1, 0.15) is 28.5 Å². The van der Waals surface area contributed by atoms with E-state index >= 15 is 0 Å². The maximum Gasteiger partial charge on any atom is 0.317 e. The van der Waals surface area contributed by atoms with Crippen molar-refractivity contribution in [2.75, 3.05) is 0 Å². The first-order chi connectivity index (χ1) is 16.7. The first-order valence-corrected chi connectivity index (χ1v) is 12.2. The van der Waals surface area contributed by atoms with E-state index in [0.717, 1.165) is 0 Å². The lowest BCUT2D eigenvalue weighted by Crippen LogP contribution is -2.75. The predicted molar refractivity (Wildman–Crippen MR) is 131 cm³/mol. The number of Topliss-reactive ketones (excluding diaryl/α,β-unsaturated/α-hetero) is 4. The van der Waals surface area contributed by atoms with Crippen LogP contribution in [0, 0.1) is 29.1 Å². The van der Waals surface area contributed by atoms with E-state index in [1.54, 1.807) is 38.2 Å². The number of fused-ring (bicyclic) bond motifs is 3. The predicted octanol–water partition coefficient (Wildman–Crippen LogP) is 3.15. The summed E-state index contributed by atoms with van der Waals surface area (Å²) >= 11 is 0. The zero-order chi connectivity index (χ0) is 27.2. The molecule has 1 aliphatic heterocycles. The number of carbonyl (C=O) groups excluding carboxylic acids is 5. The molecule has 3 saturated carbocycles. The van der Waals surface area contributed by atoms with Crippen LogP contribution in [-0.2, 0) is 28.7 Å². The maximum atomic E-state index is 13.8. The highest BCUT2D eigenvalue weighted by atomic mass is 16.6. The highest BCUT2D eigenvalue weighted by molar-refractivity contribution is 6.24. The number of carbonyl (C=O) groups is 5. The molecule has 1 heterocycles. The Balaban J connectivity index is 2.35. The summed E-state index contributed by atoms with van der Waals surface area (Å²) in [7, 11) is 0. The molecule has 0 amide bonds. The summed E-state index contributed by atoms with van der Waals surface area (Å²) in [6, 6.07) is 0. The number of ketones is 4.